The van der Waals surface area contributed by atoms with Crippen LogP contribution in [-0.2, 0) is 11.3 Å². The maximum atomic E-state index is 10.7. The second-order valence-corrected chi connectivity index (χ2v) is 6.14. The molecule has 2 rings (SSSR count). The lowest BCUT2D eigenvalue weighted by molar-refractivity contribution is 0.0865. The number of hydrogen-bond donors (Lipinski definition) is 1. The van der Waals surface area contributed by atoms with Crippen LogP contribution in [0.1, 0.15) is 50.3 Å². The lowest BCUT2D eigenvalue weighted by atomic mass is 9.92. The van der Waals surface area contributed by atoms with Crippen molar-refractivity contribution in [2.24, 2.45) is 5.92 Å². The van der Waals surface area contributed by atoms with E-state index in [1.807, 2.05) is 4.68 Å². The van der Waals surface area contributed by atoms with Crippen LogP contribution >= 0.6 is 15.9 Å². The van der Waals surface area contributed by atoms with E-state index >= 15 is 0 Å². The molecule has 1 aliphatic carbocycles. The van der Waals surface area contributed by atoms with Crippen molar-refractivity contribution in [3.8, 4) is 0 Å². The summed E-state index contributed by atoms with van der Waals surface area (Å²) in [5.74, 6) is 0.358. The minimum atomic E-state index is -0.424. The van der Waals surface area contributed by atoms with Crippen LogP contribution in [0.4, 0.5) is 0 Å². The van der Waals surface area contributed by atoms with Gasteiger partial charge in [-0.2, -0.15) is 5.10 Å². The third-order valence-electron chi connectivity index (χ3n) is 3.97. The summed E-state index contributed by atoms with van der Waals surface area (Å²) in [5.41, 5.74) is 0.906. The van der Waals surface area contributed by atoms with E-state index in [1.54, 1.807) is 13.3 Å². The number of aliphatic hydroxyl groups is 1. The summed E-state index contributed by atoms with van der Waals surface area (Å²) < 4.78 is 7.86. The first kappa shape index (κ1) is 15.0. The molecule has 0 spiro atoms. The Bertz CT molecular complexity index is 387. The molecule has 0 aromatic carbocycles. The molecule has 0 bridgehead atoms. The molecule has 1 atom stereocenters. The first-order valence-corrected chi connectivity index (χ1v) is 7.91. The van der Waals surface area contributed by atoms with E-state index in [9.17, 15) is 5.11 Å². The van der Waals surface area contributed by atoms with Gasteiger partial charge in [-0.3, -0.25) is 4.68 Å². The maximum Gasteiger partial charge on any atom is 0.0996 e. The summed E-state index contributed by atoms with van der Waals surface area (Å²) in [7, 11) is 1.68. The molecular formula is C14H23BrN2O2. The van der Waals surface area contributed by atoms with E-state index in [0.717, 1.165) is 23.0 Å². The SMILES string of the molecule is COCCn1ncc(Br)c1C(O)C1CCCCCC1. The van der Waals surface area contributed by atoms with Gasteiger partial charge in [0.2, 0.25) is 0 Å². The van der Waals surface area contributed by atoms with E-state index in [4.69, 9.17) is 4.74 Å². The van der Waals surface area contributed by atoms with Crippen molar-refractivity contribution in [2.75, 3.05) is 13.7 Å². The molecule has 108 valence electrons. The third kappa shape index (κ3) is 3.80. The van der Waals surface area contributed by atoms with Gasteiger partial charge < -0.3 is 9.84 Å². The Kier molecular flexibility index (Phi) is 5.85. The first-order chi connectivity index (χ1) is 9.24. The second-order valence-electron chi connectivity index (χ2n) is 5.29. The fourth-order valence-corrected chi connectivity index (χ4v) is 3.40. The van der Waals surface area contributed by atoms with Gasteiger partial charge in [-0.1, -0.05) is 25.7 Å². The molecule has 0 saturated heterocycles. The van der Waals surface area contributed by atoms with Crippen LogP contribution in [-0.4, -0.2) is 28.6 Å². The molecule has 1 fully saturated rings. The molecule has 0 radical (unpaired) electrons. The van der Waals surface area contributed by atoms with Crippen molar-refractivity contribution in [3.05, 3.63) is 16.4 Å². The zero-order chi connectivity index (χ0) is 13.7. The van der Waals surface area contributed by atoms with Crippen LogP contribution < -0.4 is 0 Å². The fourth-order valence-electron chi connectivity index (χ4n) is 2.87. The van der Waals surface area contributed by atoms with Crippen LogP contribution in [0.25, 0.3) is 0 Å². The topological polar surface area (TPSA) is 47.3 Å². The molecule has 1 aromatic heterocycles. The number of rotatable bonds is 5. The summed E-state index contributed by atoms with van der Waals surface area (Å²) >= 11 is 3.51. The number of ether oxygens (including phenoxy) is 1. The van der Waals surface area contributed by atoms with Crippen molar-refractivity contribution >= 4 is 15.9 Å². The summed E-state index contributed by atoms with van der Waals surface area (Å²) in [5, 5.41) is 15.0. The minimum absolute atomic E-state index is 0.358. The van der Waals surface area contributed by atoms with E-state index in [2.05, 4.69) is 21.0 Å². The van der Waals surface area contributed by atoms with Crippen molar-refractivity contribution in [1.29, 1.82) is 0 Å². The Labute approximate surface area is 123 Å². The van der Waals surface area contributed by atoms with Gasteiger partial charge in [0.05, 0.1) is 35.6 Å². The molecule has 0 aliphatic heterocycles. The molecule has 1 saturated carbocycles. The van der Waals surface area contributed by atoms with Crippen molar-refractivity contribution in [3.63, 3.8) is 0 Å². The normalized spacial score (nSPS) is 19.3. The predicted octanol–water partition coefficient (Wildman–Crippen LogP) is 3.30. The van der Waals surface area contributed by atoms with E-state index in [0.29, 0.717) is 19.1 Å². The Balaban J connectivity index is 2.12. The molecule has 1 heterocycles. The highest BCUT2D eigenvalue weighted by Crippen LogP contribution is 2.36. The number of aromatic nitrogens is 2. The van der Waals surface area contributed by atoms with Gasteiger partial charge in [0.1, 0.15) is 0 Å². The van der Waals surface area contributed by atoms with E-state index < -0.39 is 6.10 Å². The lowest BCUT2D eigenvalue weighted by Gasteiger charge is -2.22. The molecular weight excluding hydrogens is 308 g/mol. The molecule has 4 nitrogen and oxygen atoms in total. The number of nitrogens with zero attached hydrogens (tertiary/aromatic N) is 2. The van der Waals surface area contributed by atoms with Crippen molar-refractivity contribution < 1.29 is 9.84 Å². The lowest BCUT2D eigenvalue weighted by Crippen LogP contribution is -2.18. The van der Waals surface area contributed by atoms with Crippen molar-refractivity contribution in [2.45, 2.75) is 51.2 Å². The quantitative estimate of drug-likeness (QED) is 0.842. The highest BCUT2D eigenvalue weighted by molar-refractivity contribution is 9.10. The van der Waals surface area contributed by atoms with Crippen LogP contribution in [0.3, 0.4) is 0 Å². The average molecular weight is 331 g/mol. The Hall–Kier alpha value is -0.390. The second kappa shape index (κ2) is 7.41. The van der Waals surface area contributed by atoms with Crippen LogP contribution in [0.2, 0.25) is 0 Å². The number of aliphatic hydroxyl groups excluding tert-OH is 1. The molecule has 1 N–H and O–H groups in total. The third-order valence-corrected chi connectivity index (χ3v) is 4.58. The van der Waals surface area contributed by atoms with Crippen molar-refractivity contribution in [1.82, 2.24) is 9.78 Å². The molecule has 1 unspecified atom stereocenters. The molecule has 0 amide bonds. The van der Waals surface area contributed by atoms with Gasteiger partial charge in [0.25, 0.3) is 0 Å². The Morgan fingerprint density at radius 3 is 2.74 bits per heavy atom. The summed E-state index contributed by atoms with van der Waals surface area (Å²) in [4.78, 5) is 0. The summed E-state index contributed by atoms with van der Waals surface area (Å²) in [6.45, 7) is 1.29. The standard InChI is InChI=1S/C14H23BrN2O2/c1-19-9-8-17-13(12(15)10-16-17)14(18)11-6-4-2-3-5-7-11/h10-11,14,18H,2-9H2,1H3. The average Bonchev–Trinajstić information content (AvgIpc) is 2.64. The summed E-state index contributed by atoms with van der Waals surface area (Å²) in [6, 6.07) is 0. The van der Waals surface area contributed by atoms with Gasteiger partial charge in [0.15, 0.2) is 0 Å². The zero-order valence-electron chi connectivity index (χ0n) is 11.5. The Morgan fingerprint density at radius 1 is 1.42 bits per heavy atom. The predicted molar refractivity (Wildman–Crippen MR) is 78.0 cm³/mol. The van der Waals surface area contributed by atoms with E-state index in [1.165, 1.54) is 25.7 Å². The fraction of sp³-hybridized carbons (Fsp3) is 0.786. The largest absolute Gasteiger partial charge is 0.386 e. The van der Waals surface area contributed by atoms with Gasteiger partial charge in [-0.25, -0.2) is 0 Å². The van der Waals surface area contributed by atoms with Gasteiger partial charge in [0, 0.05) is 7.11 Å². The van der Waals surface area contributed by atoms with Gasteiger partial charge in [-0.15, -0.1) is 0 Å². The summed E-state index contributed by atoms with van der Waals surface area (Å²) in [6.07, 6.45) is 8.63. The minimum Gasteiger partial charge on any atom is -0.386 e. The smallest absolute Gasteiger partial charge is 0.0996 e. The molecule has 19 heavy (non-hydrogen) atoms. The number of hydrogen-bond acceptors (Lipinski definition) is 3. The molecule has 1 aliphatic rings. The zero-order valence-corrected chi connectivity index (χ0v) is 13.1. The monoisotopic (exact) mass is 330 g/mol. The van der Waals surface area contributed by atoms with Crippen LogP contribution in [0, 0.1) is 5.92 Å². The molecule has 5 heteroatoms. The van der Waals surface area contributed by atoms with Crippen LogP contribution in [0.5, 0.6) is 0 Å². The van der Waals surface area contributed by atoms with Crippen LogP contribution in [0.15, 0.2) is 10.7 Å². The van der Waals surface area contributed by atoms with Gasteiger partial charge >= 0.3 is 0 Å². The highest BCUT2D eigenvalue weighted by Gasteiger charge is 2.27. The van der Waals surface area contributed by atoms with Gasteiger partial charge in [-0.05, 0) is 34.7 Å². The Morgan fingerprint density at radius 2 is 2.11 bits per heavy atom. The first-order valence-electron chi connectivity index (χ1n) is 7.12. The van der Waals surface area contributed by atoms with E-state index in [-0.39, 0.29) is 0 Å². The highest BCUT2D eigenvalue weighted by atomic mass is 79.9. The number of methoxy groups -OCH3 is 1. The maximum absolute atomic E-state index is 10.7. The number of halogens is 1. The molecule has 1 aromatic rings.